The Morgan fingerprint density at radius 2 is 2.10 bits per heavy atom. The third-order valence-corrected chi connectivity index (χ3v) is 5.67. The third kappa shape index (κ3) is 5.12. The molecule has 0 radical (unpaired) electrons. The topological polar surface area (TPSA) is 75.5 Å². The fourth-order valence-electron chi connectivity index (χ4n) is 2.89. The van der Waals surface area contributed by atoms with Gasteiger partial charge in [-0.3, -0.25) is 14.0 Å². The smallest absolute Gasteiger partial charge is 0.244 e. The Bertz CT molecular complexity index is 1060. The van der Waals surface area contributed by atoms with E-state index in [1.807, 2.05) is 62.6 Å². The summed E-state index contributed by atoms with van der Waals surface area (Å²) in [5, 5.41) is 5.80. The number of nitrogens with one attached hydrogen (secondary N) is 2. The van der Waals surface area contributed by atoms with Crippen LogP contribution in [0.3, 0.4) is 0 Å². The van der Waals surface area contributed by atoms with Gasteiger partial charge in [-0.25, -0.2) is 4.98 Å². The van der Waals surface area contributed by atoms with Gasteiger partial charge in [0, 0.05) is 35.3 Å². The summed E-state index contributed by atoms with van der Waals surface area (Å²) in [4.78, 5) is 30.9. The van der Waals surface area contributed by atoms with Crippen LogP contribution in [0.25, 0.3) is 11.0 Å². The molecule has 1 aromatic carbocycles. The second kappa shape index (κ2) is 9.05. The molecule has 2 N–H and O–H groups in total. The Kier molecular flexibility index (Phi) is 6.49. The second-order valence-corrected chi connectivity index (χ2v) is 8.34. The highest BCUT2D eigenvalue weighted by Crippen LogP contribution is 2.21. The fourth-order valence-corrected chi connectivity index (χ4v) is 3.77. The van der Waals surface area contributed by atoms with Crippen molar-refractivity contribution in [2.75, 3.05) is 5.32 Å². The minimum absolute atomic E-state index is 0.00257. The number of hydrogen-bond acceptors (Lipinski definition) is 4. The van der Waals surface area contributed by atoms with Gasteiger partial charge < -0.3 is 10.6 Å². The molecule has 3 aromatic rings. The number of fused-ring (bicyclic) bond motifs is 1. The monoisotopic (exact) mass is 410 g/mol. The fraction of sp³-hybridized carbons (Fsp3) is 0.318. The van der Waals surface area contributed by atoms with Crippen molar-refractivity contribution in [3.05, 3.63) is 58.4 Å². The van der Waals surface area contributed by atoms with E-state index >= 15 is 0 Å². The number of amides is 2. The quantitative estimate of drug-likeness (QED) is 0.570. The van der Waals surface area contributed by atoms with Crippen molar-refractivity contribution < 1.29 is 9.59 Å². The predicted octanol–water partition coefficient (Wildman–Crippen LogP) is 4.33. The van der Waals surface area contributed by atoms with Gasteiger partial charge in [-0.15, -0.1) is 11.3 Å². The zero-order valence-electron chi connectivity index (χ0n) is 17.2. The first-order valence-electron chi connectivity index (χ1n) is 9.68. The Labute approximate surface area is 174 Å². The lowest BCUT2D eigenvalue weighted by atomic mass is 10.1. The number of hydrogen-bond donors (Lipinski definition) is 2. The van der Waals surface area contributed by atoms with E-state index in [2.05, 4.69) is 15.6 Å². The number of anilines is 1. The van der Waals surface area contributed by atoms with E-state index < -0.39 is 0 Å². The molecule has 7 heteroatoms. The minimum atomic E-state index is -0.180. The molecule has 0 aliphatic rings. The van der Waals surface area contributed by atoms with Gasteiger partial charge in [0.1, 0.15) is 0 Å². The van der Waals surface area contributed by atoms with Crippen LogP contribution >= 0.6 is 11.3 Å². The Morgan fingerprint density at radius 3 is 2.86 bits per heavy atom. The summed E-state index contributed by atoms with van der Waals surface area (Å²) < 4.78 is 2.00. The van der Waals surface area contributed by atoms with Crippen LogP contribution in [0.2, 0.25) is 0 Å². The normalized spacial score (nSPS) is 12.4. The lowest BCUT2D eigenvalue weighted by molar-refractivity contribution is -0.119. The highest BCUT2D eigenvalue weighted by atomic mass is 32.1. The zero-order valence-corrected chi connectivity index (χ0v) is 18.0. The molecule has 0 spiro atoms. The molecule has 0 saturated carbocycles. The van der Waals surface area contributed by atoms with Gasteiger partial charge in [0.15, 0.2) is 4.96 Å². The maximum absolute atomic E-state index is 12.3. The second-order valence-electron chi connectivity index (χ2n) is 7.13. The van der Waals surface area contributed by atoms with Crippen LogP contribution in [-0.4, -0.2) is 21.2 Å². The summed E-state index contributed by atoms with van der Waals surface area (Å²) in [5.74, 6) is -0.211. The third-order valence-electron chi connectivity index (χ3n) is 4.78. The van der Waals surface area contributed by atoms with Gasteiger partial charge in [0.2, 0.25) is 11.8 Å². The highest BCUT2D eigenvalue weighted by Gasteiger charge is 2.11. The van der Waals surface area contributed by atoms with E-state index in [0.717, 1.165) is 34.0 Å². The number of imidazole rings is 1. The van der Waals surface area contributed by atoms with Crippen LogP contribution in [0.4, 0.5) is 5.69 Å². The molecule has 29 heavy (non-hydrogen) atoms. The Morgan fingerprint density at radius 1 is 1.31 bits per heavy atom. The molecule has 3 rings (SSSR count). The van der Waals surface area contributed by atoms with Gasteiger partial charge in [0.05, 0.1) is 11.4 Å². The van der Waals surface area contributed by atoms with Crippen molar-refractivity contribution in [2.24, 2.45) is 5.92 Å². The van der Waals surface area contributed by atoms with Crippen LogP contribution in [0, 0.1) is 19.8 Å². The number of carbonyl (C=O) groups excluding carboxylic acids is 2. The maximum Gasteiger partial charge on any atom is 0.244 e. The number of aromatic nitrogens is 2. The maximum atomic E-state index is 12.3. The Hall–Kier alpha value is -2.93. The molecule has 2 heterocycles. The summed E-state index contributed by atoms with van der Waals surface area (Å²) in [5.41, 5.74) is 3.46. The molecular weight excluding hydrogens is 384 g/mol. The average Bonchev–Trinajstić information content (AvgIpc) is 3.18. The zero-order chi connectivity index (χ0) is 21.0. The number of aryl methyl sites for hydroxylation is 2. The van der Waals surface area contributed by atoms with E-state index in [4.69, 9.17) is 0 Å². The largest absolute Gasteiger partial charge is 0.348 e. The first-order chi connectivity index (χ1) is 13.9. The molecule has 0 fully saturated rings. The predicted molar refractivity (Wildman–Crippen MR) is 118 cm³/mol. The van der Waals surface area contributed by atoms with Crippen molar-refractivity contribution in [2.45, 2.75) is 40.7 Å². The van der Waals surface area contributed by atoms with Crippen molar-refractivity contribution >= 4 is 39.9 Å². The summed E-state index contributed by atoms with van der Waals surface area (Å²) in [7, 11) is 0. The van der Waals surface area contributed by atoms with Crippen LogP contribution in [0.15, 0.2) is 36.5 Å². The summed E-state index contributed by atoms with van der Waals surface area (Å²) >= 11 is 1.62. The van der Waals surface area contributed by atoms with E-state index in [-0.39, 0.29) is 17.7 Å². The minimum Gasteiger partial charge on any atom is -0.348 e. The molecule has 6 nitrogen and oxygen atoms in total. The van der Waals surface area contributed by atoms with Gasteiger partial charge in [-0.05, 0) is 44.0 Å². The van der Waals surface area contributed by atoms with E-state index in [9.17, 15) is 9.59 Å². The standard InChI is InChI=1S/C22H26N4O2S/c1-5-14(2)21(28)25-18-8-6-7-17(11-18)12-23-20(27)10-9-19-16(4)24-22-26(19)13-15(3)29-22/h6-11,13-14H,5,12H2,1-4H3,(H,23,27)(H,25,28)/b10-9+. The number of nitrogens with zero attached hydrogens (tertiary/aromatic N) is 2. The van der Waals surface area contributed by atoms with Crippen LogP contribution in [-0.2, 0) is 16.1 Å². The molecule has 0 aliphatic heterocycles. The lowest BCUT2D eigenvalue weighted by Crippen LogP contribution is -2.21. The molecule has 2 aromatic heterocycles. The number of carbonyl (C=O) groups is 2. The van der Waals surface area contributed by atoms with Crippen molar-refractivity contribution in [1.29, 1.82) is 0 Å². The molecule has 2 amide bonds. The summed E-state index contributed by atoms with van der Waals surface area (Å²) in [6.45, 7) is 8.24. The molecule has 152 valence electrons. The van der Waals surface area contributed by atoms with E-state index in [1.165, 1.54) is 11.0 Å². The number of rotatable bonds is 7. The first-order valence-corrected chi connectivity index (χ1v) is 10.5. The number of benzene rings is 1. The van der Waals surface area contributed by atoms with Crippen molar-refractivity contribution in [3.8, 4) is 0 Å². The lowest BCUT2D eigenvalue weighted by Gasteiger charge is -2.11. The first kappa shape index (κ1) is 20.8. The Balaban J connectivity index is 1.60. The van der Waals surface area contributed by atoms with Gasteiger partial charge in [0.25, 0.3) is 0 Å². The van der Waals surface area contributed by atoms with E-state index in [1.54, 1.807) is 17.4 Å². The molecule has 0 aliphatic carbocycles. The molecule has 0 saturated heterocycles. The van der Waals surface area contributed by atoms with Gasteiger partial charge in [-0.2, -0.15) is 0 Å². The highest BCUT2D eigenvalue weighted by molar-refractivity contribution is 7.17. The summed E-state index contributed by atoms with van der Waals surface area (Å²) in [6, 6.07) is 7.52. The SMILES string of the molecule is CCC(C)C(=O)Nc1cccc(CNC(=O)/C=C/c2c(C)nc3sc(C)cn23)c1. The van der Waals surface area contributed by atoms with Gasteiger partial charge in [-0.1, -0.05) is 26.0 Å². The van der Waals surface area contributed by atoms with Gasteiger partial charge >= 0.3 is 0 Å². The van der Waals surface area contributed by atoms with Crippen LogP contribution < -0.4 is 10.6 Å². The number of thiazole rings is 1. The summed E-state index contributed by atoms with van der Waals surface area (Å²) in [6.07, 6.45) is 6.14. The van der Waals surface area contributed by atoms with Crippen LogP contribution in [0.5, 0.6) is 0 Å². The average molecular weight is 411 g/mol. The van der Waals surface area contributed by atoms with Crippen LogP contribution in [0.1, 0.15) is 42.1 Å². The van der Waals surface area contributed by atoms with E-state index in [0.29, 0.717) is 6.54 Å². The van der Waals surface area contributed by atoms with Crippen molar-refractivity contribution in [1.82, 2.24) is 14.7 Å². The molecule has 1 unspecified atom stereocenters. The van der Waals surface area contributed by atoms with Crippen molar-refractivity contribution in [3.63, 3.8) is 0 Å². The molecule has 0 bridgehead atoms. The molecular formula is C22H26N4O2S. The molecule has 1 atom stereocenters.